The third kappa shape index (κ3) is 2.00. The molecule has 94 valence electrons. The maximum absolute atomic E-state index is 12.2. The molecule has 0 radical (unpaired) electrons. The van der Waals surface area contributed by atoms with Gasteiger partial charge in [0.2, 0.25) is 0 Å². The molecule has 0 N–H and O–H groups in total. The lowest BCUT2D eigenvalue weighted by Crippen LogP contribution is -2.06. The second kappa shape index (κ2) is 4.67. The Morgan fingerprint density at radius 1 is 1.00 bits per heavy atom. The largest absolute Gasteiger partial charge is 0.422 e. The van der Waals surface area contributed by atoms with Crippen LogP contribution in [0.25, 0.3) is 22.1 Å². The number of aryl methyl sites for hydroxylation is 1. The lowest BCUT2D eigenvalue weighted by atomic mass is 10.00. The summed E-state index contributed by atoms with van der Waals surface area (Å²) in [4.78, 5) is 12.2. The van der Waals surface area contributed by atoms with Crippen molar-refractivity contribution in [2.45, 2.75) is 6.92 Å². The molecule has 2 aromatic carbocycles. The van der Waals surface area contributed by atoms with Crippen molar-refractivity contribution < 1.29 is 4.42 Å². The van der Waals surface area contributed by atoms with Crippen LogP contribution in [0, 0.1) is 6.92 Å². The summed E-state index contributed by atoms with van der Waals surface area (Å²) in [5.41, 5.74) is 2.74. The molecule has 2 nitrogen and oxygen atoms in total. The summed E-state index contributed by atoms with van der Waals surface area (Å²) >= 11 is 3.48. The second-order valence-corrected chi connectivity index (χ2v) is 5.22. The predicted molar refractivity (Wildman–Crippen MR) is 80.4 cm³/mol. The Bertz CT molecular complexity index is 818. The molecule has 0 fully saturated rings. The highest BCUT2D eigenvalue weighted by Gasteiger charge is 2.14. The molecule has 0 saturated heterocycles. The molecule has 0 unspecified atom stereocenters. The summed E-state index contributed by atoms with van der Waals surface area (Å²) in [6.07, 6.45) is 0. The minimum absolute atomic E-state index is 0.303. The second-order valence-electron chi connectivity index (χ2n) is 4.37. The van der Waals surface area contributed by atoms with Gasteiger partial charge in [0.25, 0.3) is 0 Å². The summed E-state index contributed by atoms with van der Waals surface area (Å²) in [7, 11) is 0. The molecular weight excluding hydrogens is 304 g/mol. The van der Waals surface area contributed by atoms with Gasteiger partial charge in [-0.1, -0.05) is 52.3 Å². The molecule has 0 aliphatic carbocycles. The number of hydrogen-bond donors (Lipinski definition) is 0. The highest BCUT2D eigenvalue weighted by molar-refractivity contribution is 9.10. The van der Waals surface area contributed by atoms with Crippen LogP contribution in [0.4, 0.5) is 0 Å². The van der Waals surface area contributed by atoms with E-state index >= 15 is 0 Å². The molecule has 0 saturated carbocycles. The zero-order valence-corrected chi connectivity index (χ0v) is 11.9. The van der Waals surface area contributed by atoms with E-state index in [2.05, 4.69) is 15.9 Å². The first-order chi connectivity index (χ1) is 9.18. The average molecular weight is 315 g/mol. The molecule has 19 heavy (non-hydrogen) atoms. The summed E-state index contributed by atoms with van der Waals surface area (Å²) < 4.78 is 6.30. The number of halogens is 1. The van der Waals surface area contributed by atoms with Crippen LogP contribution in [0.1, 0.15) is 5.56 Å². The number of hydrogen-bond acceptors (Lipinski definition) is 2. The average Bonchev–Trinajstić information content (AvgIpc) is 2.41. The Kier molecular flexibility index (Phi) is 2.99. The van der Waals surface area contributed by atoms with Gasteiger partial charge in [0.15, 0.2) is 0 Å². The first-order valence-corrected chi connectivity index (χ1v) is 6.75. The van der Waals surface area contributed by atoms with E-state index in [0.717, 1.165) is 21.0 Å². The first-order valence-electron chi connectivity index (χ1n) is 5.96. The van der Waals surface area contributed by atoms with Crippen molar-refractivity contribution in [3.8, 4) is 11.1 Å². The molecule has 0 bridgehead atoms. The minimum atomic E-state index is -0.303. The third-order valence-electron chi connectivity index (χ3n) is 3.22. The first kappa shape index (κ1) is 12.2. The van der Waals surface area contributed by atoms with Crippen molar-refractivity contribution in [2.24, 2.45) is 0 Å². The van der Waals surface area contributed by atoms with Crippen molar-refractivity contribution >= 4 is 26.9 Å². The molecule has 3 rings (SSSR count). The monoisotopic (exact) mass is 314 g/mol. The van der Waals surface area contributed by atoms with Crippen LogP contribution >= 0.6 is 15.9 Å². The summed E-state index contributed by atoms with van der Waals surface area (Å²) in [5, 5.41) is 0.966. The van der Waals surface area contributed by atoms with Gasteiger partial charge in [-0.05, 0) is 24.6 Å². The van der Waals surface area contributed by atoms with Crippen LogP contribution in [0.5, 0.6) is 0 Å². The highest BCUT2D eigenvalue weighted by atomic mass is 79.9. The number of benzene rings is 2. The van der Waals surface area contributed by atoms with E-state index < -0.39 is 0 Å². The molecule has 3 aromatic rings. The van der Waals surface area contributed by atoms with Gasteiger partial charge in [0.1, 0.15) is 5.58 Å². The lowest BCUT2D eigenvalue weighted by Gasteiger charge is -2.09. The van der Waals surface area contributed by atoms with E-state index in [4.69, 9.17) is 4.42 Å². The normalized spacial score (nSPS) is 10.8. The fourth-order valence-corrected chi connectivity index (χ4v) is 2.76. The van der Waals surface area contributed by atoms with Gasteiger partial charge in [-0.15, -0.1) is 0 Å². The Hall–Kier alpha value is -1.87. The van der Waals surface area contributed by atoms with Crippen LogP contribution in [-0.4, -0.2) is 0 Å². The Balaban J connectivity index is 2.43. The topological polar surface area (TPSA) is 30.2 Å². The van der Waals surface area contributed by atoms with E-state index in [1.165, 1.54) is 0 Å². The fourth-order valence-electron chi connectivity index (χ4n) is 2.28. The standard InChI is InChI=1S/C16H11BrO2/c1-10-11-6-3-5-9-14(11)19-16(18)15(10)12-7-2-4-8-13(12)17/h2-9H,1H3. The van der Waals surface area contributed by atoms with E-state index in [1.807, 2.05) is 55.5 Å². The fraction of sp³-hybridized carbons (Fsp3) is 0.0625. The third-order valence-corrected chi connectivity index (χ3v) is 3.91. The van der Waals surface area contributed by atoms with Gasteiger partial charge < -0.3 is 4.42 Å². The molecular formula is C16H11BrO2. The summed E-state index contributed by atoms with van der Waals surface area (Å²) in [6, 6.07) is 15.3. The smallest absolute Gasteiger partial charge is 0.344 e. The van der Waals surface area contributed by atoms with Gasteiger partial charge in [-0.3, -0.25) is 0 Å². The number of rotatable bonds is 1. The lowest BCUT2D eigenvalue weighted by molar-refractivity contribution is 0.562. The molecule has 0 spiro atoms. The highest BCUT2D eigenvalue weighted by Crippen LogP contribution is 2.31. The van der Waals surface area contributed by atoms with E-state index in [0.29, 0.717) is 11.1 Å². The zero-order chi connectivity index (χ0) is 13.4. The quantitative estimate of drug-likeness (QED) is 0.618. The van der Waals surface area contributed by atoms with Gasteiger partial charge in [0, 0.05) is 15.4 Å². The van der Waals surface area contributed by atoms with Gasteiger partial charge in [-0.25, -0.2) is 4.79 Å². The van der Waals surface area contributed by atoms with Crippen molar-refractivity contribution in [2.75, 3.05) is 0 Å². The Morgan fingerprint density at radius 2 is 1.68 bits per heavy atom. The van der Waals surface area contributed by atoms with Gasteiger partial charge >= 0.3 is 5.63 Å². The van der Waals surface area contributed by atoms with E-state index in [-0.39, 0.29) is 5.63 Å². The van der Waals surface area contributed by atoms with E-state index in [1.54, 1.807) is 0 Å². The van der Waals surface area contributed by atoms with Crippen molar-refractivity contribution in [3.05, 3.63) is 69.0 Å². The minimum Gasteiger partial charge on any atom is -0.422 e. The van der Waals surface area contributed by atoms with Crippen molar-refractivity contribution in [1.82, 2.24) is 0 Å². The summed E-state index contributed by atoms with van der Waals surface area (Å²) in [5.74, 6) is 0. The Labute approximate surface area is 118 Å². The molecule has 0 atom stereocenters. The predicted octanol–water partition coefficient (Wildman–Crippen LogP) is 4.53. The van der Waals surface area contributed by atoms with Crippen LogP contribution in [-0.2, 0) is 0 Å². The molecule has 0 amide bonds. The van der Waals surface area contributed by atoms with Crippen molar-refractivity contribution in [3.63, 3.8) is 0 Å². The molecule has 1 aromatic heterocycles. The van der Waals surface area contributed by atoms with Crippen molar-refractivity contribution in [1.29, 1.82) is 0 Å². The summed E-state index contributed by atoms with van der Waals surface area (Å²) in [6.45, 7) is 1.95. The Morgan fingerprint density at radius 3 is 2.47 bits per heavy atom. The van der Waals surface area contributed by atoms with Crippen LogP contribution in [0.3, 0.4) is 0 Å². The molecule has 3 heteroatoms. The van der Waals surface area contributed by atoms with Crippen LogP contribution in [0.15, 0.2) is 62.2 Å². The van der Waals surface area contributed by atoms with Gasteiger partial charge in [-0.2, -0.15) is 0 Å². The number of para-hydroxylation sites is 1. The van der Waals surface area contributed by atoms with Crippen LogP contribution < -0.4 is 5.63 Å². The SMILES string of the molecule is Cc1c(-c2ccccc2Br)c(=O)oc2ccccc12. The van der Waals surface area contributed by atoms with E-state index in [9.17, 15) is 4.79 Å². The maximum Gasteiger partial charge on any atom is 0.344 e. The molecule has 0 aliphatic heterocycles. The maximum atomic E-state index is 12.2. The zero-order valence-electron chi connectivity index (χ0n) is 10.3. The molecule has 0 aliphatic rings. The van der Waals surface area contributed by atoms with Crippen LogP contribution in [0.2, 0.25) is 0 Å². The number of fused-ring (bicyclic) bond motifs is 1. The van der Waals surface area contributed by atoms with Gasteiger partial charge in [0.05, 0.1) is 5.56 Å². The molecule has 1 heterocycles.